The minimum atomic E-state index is -1.02. The van der Waals surface area contributed by atoms with E-state index >= 15 is 0 Å². The zero-order chi connectivity index (χ0) is 30.2. The highest BCUT2D eigenvalue weighted by molar-refractivity contribution is 6.22. The fraction of sp³-hybridized carbons (Fsp3) is 0.229. The summed E-state index contributed by atoms with van der Waals surface area (Å²) in [6, 6.07) is 20.8. The highest BCUT2D eigenvalue weighted by Gasteiger charge is 2.47. The number of carbonyl (C=O) groups excluding carboxylic acids is 4. The Labute approximate surface area is 248 Å². The zero-order valence-electron chi connectivity index (χ0n) is 24.1. The molecule has 3 unspecified atom stereocenters. The van der Waals surface area contributed by atoms with Crippen LogP contribution in [-0.2, 0) is 14.3 Å². The Hall–Kier alpha value is -5.11. The van der Waals surface area contributed by atoms with E-state index in [0.29, 0.717) is 52.0 Å². The number of anilines is 1. The molecule has 8 nitrogen and oxygen atoms in total. The van der Waals surface area contributed by atoms with E-state index in [4.69, 9.17) is 14.5 Å². The number of para-hydroxylation sites is 1. The van der Waals surface area contributed by atoms with Crippen LogP contribution < -0.4 is 9.64 Å². The van der Waals surface area contributed by atoms with Crippen LogP contribution in [0.3, 0.4) is 0 Å². The van der Waals surface area contributed by atoms with Crippen LogP contribution in [0.2, 0.25) is 0 Å². The maximum Gasteiger partial charge on any atom is 0.339 e. The van der Waals surface area contributed by atoms with Crippen molar-refractivity contribution in [2.45, 2.75) is 32.8 Å². The molecule has 216 valence electrons. The molecular weight excluding hydrogens is 544 g/mol. The van der Waals surface area contributed by atoms with E-state index in [-0.39, 0.29) is 35.0 Å². The van der Waals surface area contributed by atoms with E-state index in [0.717, 1.165) is 5.56 Å². The molecule has 1 aliphatic heterocycles. The standard InChI is InChI=1S/C35H30N2O6/c1-20-7-6-10-26-29(35(41)43-21(2)32(38)23-13-17-25(42-3)18-14-23)19-30(36-31(20)26)22-11-15-24(16-12-22)37-33(39)27-8-4-5-9-28(27)34(37)40/h4-7,10-19,21,27-28H,8-9H2,1-3H3. The minimum absolute atomic E-state index is 0.171. The zero-order valence-corrected chi connectivity index (χ0v) is 24.1. The van der Waals surface area contributed by atoms with E-state index in [9.17, 15) is 19.2 Å². The van der Waals surface area contributed by atoms with Crippen molar-refractivity contribution in [3.8, 4) is 17.0 Å². The normalized spacial score (nSPS) is 18.4. The summed E-state index contributed by atoms with van der Waals surface area (Å²) in [6.07, 6.45) is 4.06. The fourth-order valence-corrected chi connectivity index (χ4v) is 5.81. The minimum Gasteiger partial charge on any atom is -0.497 e. The lowest BCUT2D eigenvalue weighted by atomic mass is 9.85. The van der Waals surface area contributed by atoms with Gasteiger partial charge < -0.3 is 9.47 Å². The summed E-state index contributed by atoms with van der Waals surface area (Å²) in [5.41, 5.74) is 3.92. The van der Waals surface area contributed by atoms with Crippen LogP contribution in [0, 0.1) is 18.8 Å². The third-order valence-corrected chi connectivity index (χ3v) is 8.22. The van der Waals surface area contributed by atoms with Crippen molar-refractivity contribution in [1.82, 2.24) is 4.98 Å². The van der Waals surface area contributed by atoms with Gasteiger partial charge in [-0.05, 0) is 74.7 Å². The van der Waals surface area contributed by atoms with Crippen LogP contribution in [0.1, 0.15) is 46.0 Å². The third-order valence-electron chi connectivity index (χ3n) is 8.22. The van der Waals surface area contributed by atoms with Gasteiger partial charge in [0.1, 0.15) is 5.75 Å². The van der Waals surface area contributed by atoms with Gasteiger partial charge in [-0.1, -0.05) is 42.5 Å². The third kappa shape index (κ3) is 5.09. The quantitative estimate of drug-likeness (QED) is 0.114. The highest BCUT2D eigenvalue weighted by atomic mass is 16.5. The number of fused-ring (bicyclic) bond motifs is 2. The van der Waals surface area contributed by atoms with Gasteiger partial charge in [-0.15, -0.1) is 0 Å². The van der Waals surface area contributed by atoms with E-state index in [2.05, 4.69) is 0 Å². The summed E-state index contributed by atoms with van der Waals surface area (Å²) < 4.78 is 10.8. The lowest BCUT2D eigenvalue weighted by Crippen LogP contribution is -2.30. The number of Topliss-reactive ketones (excluding diaryl/α,β-unsaturated/α-hetero) is 1. The van der Waals surface area contributed by atoms with Crippen LogP contribution in [-0.4, -0.2) is 41.8 Å². The Morgan fingerprint density at radius 3 is 2.19 bits per heavy atom. The van der Waals surface area contributed by atoms with Gasteiger partial charge in [-0.2, -0.15) is 0 Å². The number of hydrogen-bond donors (Lipinski definition) is 0. The molecule has 2 amide bonds. The fourth-order valence-electron chi connectivity index (χ4n) is 5.81. The largest absolute Gasteiger partial charge is 0.497 e. The molecule has 3 aromatic carbocycles. The number of ketones is 1. The highest BCUT2D eigenvalue weighted by Crippen LogP contribution is 2.38. The van der Waals surface area contributed by atoms with Crippen molar-refractivity contribution in [3.05, 3.63) is 102 Å². The molecule has 0 saturated carbocycles. The Balaban J connectivity index is 1.29. The van der Waals surface area contributed by atoms with Gasteiger partial charge >= 0.3 is 5.97 Å². The molecule has 1 aliphatic carbocycles. The first-order chi connectivity index (χ1) is 20.8. The smallest absolute Gasteiger partial charge is 0.339 e. The first-order valence-electron chi connectivity index (χ1n) is 14.2. The predicted molar refractivity (Wildman–Crippen MR) is 162 cm³/mol. The van der Waals surface area contributed by atoms with Crippen molar-refractivity contribution < 1.29 is 28.7 Å². The lowest BCUT2D eigenvalue weighted by molar-refractivity contribution is -0.122. The number of methoxy groups -OCH3 is 1. The second-order valence-corrected chi connectivity index (χ2v) is 10.9. The number of imide groups is 1. The summed E-state index contributed by atoms with van der Waals surface area (Å²) in [5, 5.41) is 0.610. The molecule has 8 heteroatoms. The summed E-state index contributed by atoms with van der Waals surface area (Å²) in [6.45, 7) is 3.46. The Bertz CT molecular complexity index is 1770. The number of rotatable bonds is 7. The number of aromatic nitrogens is 1. The molecule has 0 radical (unpaired) electrons. The molecule has 1 fully saturated rings. The molecule has 1 aromatic heterocycles. The summed E-state index contributed by atoms with van der Waals surface area (Å²) in [5.74, 6) is -1.32. The van der Waals surface area contributed by atoms with E-state index in [1.165, 1.54) is 4.90 Å². The first kappa shape index (κ1) is 28.0. The topological polar surface area (TPSA) is 103 Å². The number of pyridine rings is 1. The Morgan fingerprint density at radius 2 is 1.56 bits per heavy atom. The van der Waals surface area contributed by atoms with Crippen molar-refractivity contribution in [3.63, 3.8) is 0 Å². The summed E-state index contributed by atoms with van der Waals surface area (Å²) in [7, 11) is 1.54. The molecule has 1 saturated heterocycles. The van der Waals surface area contributed by atoms with Gasteiger partial charge in [0.05, 0.1) is 41.4 Å². The van der Waals surface area contributed by atoms with Crippen LogP contribution in [0.25, 0.3) is 22.2 Å². The number of allylic oxidation sites excluding steroid dienone is 2. The van der Waals surface area contributed by atoms with Gasteiger partial charge in [0.15, 0.2) is 6.10 Å². The van der Waals surface area contributed by atoms with Crippen molar-refractivity contribution in [2.75, 3.05) is 12.0 Å². The van der Waals surface area contributed by atoms with Crippen LogP contribution >= 0.6 is 0 Å². The summed E-state index contributed by atoms with van der Waals surface area (Å²) in [4.78, 5) is 58.7. The molecule has 0 N–H and O–H groups in total. The van der Waals surface area contributed by atoms with E-state index < -0.39 is 12.1 Å². The number of amides is 2. The summed E-state index contributed by atoms with van der Waals surface area (Å²) >= 11 is 0. The maximum atomic E-state index is 13.5. The molecule has 4 aromatic rings. The second-order valence-electron chi connectivity index (χ2n) is 10.9. The van der Waals surface area contributed by atoms with Crippen molar-refractivity contribution in [2.24, 2.45) is 11.8 Å². The Morgan fingerprint density at radius 1 is 0.907 bits per heavy atom. The SMILES string of the molecule is COc1ccc(C(=O)C(C)OC(=O)c2cc(-c3ccc(N4C(=O)C5CC=CCC5C4=O)cc3)nc3c(C)cccc23)cc1. The van der Waals surface area contributed by atoms with Gasteiger partial charge in [-0.3, -0.25) is 19.3 Å². The second kappa shape index (κ2) is 11.3. The molecule has 2 aliphatic rings. The van der Waals surface area contributed by atoms with E-state index in [1.54, 1.807) is 74.7 Å². The van der Waals surface area contributed by atoms with Gasteiger partial charge in [-0.25, -0.2) is 9.78 Å². The number of aryl methyl sites for hydroxylation is 1. The molecule has 6 rings (SSSR count). The lowest BCUT2D eigenvalue weighted by Gasteiger charge is -2.16. The Kier molecular flexibility index (Phi) is 7.36. The van der Waals surface area contributed by atoms with Crippen LogP contribution in [0.15, 0.2) is 84.9 Å². The predicted octanol–water partition coefficient (Wildman–Crippen LogP) is 6.10. The molecule has 0 spiro atoms. The molecule has 43 heavy (non-hydrogen) atoms. The number of hydrogen-bond acceptors (Lipinski definition) is 7. The molecule has 3 atom stereocenters. The van der Waals surface area contributed by atoms with E-state index in [1.807, 2.05) is 31.2 Å². The molecule has 0 bridgehead atoms. The van der Waals surface area contributed by atoms with Gasteiger partial charge in [0, 0.05) is 16.5 Å². The number of benzene rings is 3. The van der Waals surface area contributed by atoms with Crippen molar-refractivity contribution in [1.29, 1.82) is 0 Å². The van der Waals surface area contributed by atoms with Gasteiger partial charge in [0.25, 0.3) is 0 Å². The first-order valence-corrected chi connectivity index (χ1v) is 14.2. The van der Waals surface area contributed by atoms with Crippen LogP contribution in [0.5, 0.6) is 5.75 Å². The monoisotopic (exact) mass is 574 g/mol. The average molecular weight is 575 g/mol. The number of carbonyl (C=O) groups is 4. The molecule has 2 heterocycles. The average Bonchev–Trinajstić information content (AvgIpc) is 3.29. The number of esters is 1. The van der Waals surface area contributed by atoms with Gasteiger partial charge in [0.2, 0.25) is 17.6 Å². The van der Waals surface area contributed by atoms with Crippen molar-refractivity contribution >= 4 is 40.2 Å². The molecular formula is C35H30N2O6. The maximum absolute atomic E-state index is 13.5. The van der Waals surface area contributed by atoms with Crippen LogP contribution in [0.4, 0.5) is 5.69 Å². The number of ether oxygens (including phenoxy) is 2. The number of nitrogens with zero attached hydrogens (tertiary/aromatic N) is 2.